The van der Waals surface area contributed by atoms with Crippen molar-refractivity contribution in [1.82, 2.24) is 5.32 Å². The third-order valence-corrected chi connectivity index (χ3v) is 4.47. The third-order valence-electron chi connectivity index (χ3n) is 4.47. The van der Waals surface area contributed by atoms with Gasteiger partial charge in [0.15, 0.2) is 11.5 Å². The first-order valence-corrected chi connectivity index (χ1v) is 9.01. The number of nitrogens with one attached hydrogen (secondary N) is 1. The summed E-state index contributed by atoms with van der Waals surface area (Å²) in [6, 6.07) is 5.16. The highest BCUT2D eigenvalue weighted by molar-refractivity contribution is 5.94. The normalized spacial score (nSPS) is 16.5. The number of aliphatic hydroxyl groups is 1. The van der Waals surface area contributed by atoms with Gasteiger partial charge in [0, 0.05) is 12.1 Å². The number of ether oxygens (including phenoxy) is 2. The van der Waals surface area contributed by atoms with Gasteiger partial charge in [-0.1, -0.05) is 19.3 Å². The molecule has 2 N–H and O–H groups in total. The molecule has 1 aromatic carbocycles. The van der Waals surface area contributed by atoms with Crippen LogP contribution in [0.4, 0.5) is 0 Å². The number of hydrogen-bond acceptors (Lipinski definition) is 4. The fourth-order valence-corrected chi connectivity index (χ4v) is 3.18. The van der Waals surface area contributed by atoms with Gasteiger partial charge in [0.1, 0.15) is 0 Å². The van der Waals surface area contributed by atoms with Crippen molar-refractivity contribution in [3.8, 4) is 11.5 Å². The van der Waals surface area contributed by atoms with Crippen LogP contribution in [0.5, 0.6) is 11.5 Å². The second kappa shape index (κ2) is 9.52. The van der Waals surface area contributed by atoms with E-state index < -0.39 is 6.10 Å². The lowest BCUT2D eigenvalue weighted by Gasteiger charge is -2.26. The SMILES string of the molecule is CCOc1ccc(C(=O)NCC(O)C2CCCCC2)cc1OCC. The maximum Gasteiger partial charge on any atom is 0.251 e. The molecule has 5 nitrogen and oxygen atoms in total. The molecule has 0 saturated heterocycles. The van der Waals surface area contributed by atoms with E-state index >= 15 is 0 Å². The number of hydrogen-bond donors (Lipinski definition) is 2. The van der Waals surface area contributed by atoms with Gasteiger partial charge in [-0.2, -0.15) is 0 Å². The van der Waals surface area contributed by atoms with Crippen LogP contribution in [0.25, 0.3) is 0 Å². The van der Waals surface area contributed by atoms with Gasteiger partial charge in [-0.05, 0) is 50.8 Å². The number of carbonyl (C=O) groups is 1. The minimum absolute atomic E-state index is 0.200. The maximum atomic E-state index is 12.3. The fraction of sp³-hybridized carbons (Fsp3) is 0.632. The smallest absolute Gasteiger partial charge is 0.251 e. The highest BCUT2D eigenvalue weighted by Gasteiger charge is 2.22. The molecular formula is C19H29NO4. The van der Waals surface area contributed by atoms with E-state index in [-0.39, 0.29) is 5.91 Å². The molecule has 1 fully saturated rings. The Labute approximate surface area is 144 Å². The maximum absolute atomic E-state index is 12.3. The molecule has 0 spiro atoms. The van der Waals surface area contributed by atoms with E-state index in [1.54, 1.807) is 18.2 Å². The summed E-state index contributed by atoms with van der Waals surface area (Å²) in [5.41, 5.74) is 0.512. The Morgan fingerprint density at radius 1 is 1.17 bits per heavy atom. The predicted octanol–water partition coefficient (Wildman–Crippen LogP) is 3.16. The average molecular weight is 335 g/mol. The van der Waals surface area contributed by atoms with Crippen molar-refractivity contribution >= 4 is 5.91 Å². The Morgan fingerprint density at radius 3 is 2.50 bits per heavy atom. The van der Waals surface area contributed by atoms with Gasteiger partial charge in [0.05, 0.1) is 19.3 Å². The molecule has 2 rings (SSSR count). The van der Waals surface area contributed by atoms with E-state index in [0.717, 1.165) is 12.8 Å². The zero-order chi connectivity index (χ0) is 17.4. The molecule has 134 valence electrons. The molecule has 1 aromatic rings. The lowest BCUT2D eigenvalue weighted by Crippen LogP contribution is -2.37. The van der Waals surface area contributed by atoms with Crippen LogP contribution in [0.2, 0.25) is 0 Å². The van der Waals surface area contributed by atoms with Crippen LogP contribution in [-0.2, 0) is 0 Å². The molecule has 0 aliphatic heterocycles. The standard InChI is InChI=1S/C19H29NO4/c1-3-23-17-11-10-15(12-18(17)24-4-2)19(22)20-13-16(21)14-8-6-5-7-9-14/h10-12,14,16,21H,3-9,13H2,1-2H3,(H,20,22). The highest BCUT2D eigenvalue weighted by Crippen LogP contribution is 2.29. The number of aliphatic hydroxyl groups excluding tert-OH is 1. The van der Waals surface area contributed by atoms with E-state index in [1.165, 1.54) is 19.3 Å². The van der Waals surface area contributed by atoms with Gasteiger partial charge in [-0.15, -0.1) is 0 Å². The largest absolute Gasteiger partial charge is 0.490 e. The van der Waals surface area contributed by atoms with Crippen LogP contribution in [0, 0.1) is 5.92 Å². The molecule has 1 unspecified atom stereocenters. The molecule has 1 atom stereocenters. The zero-order valence-electron chi connectivity index (χ0n) is 14.7. The van der Waals surface area contributed by atoms with Crippen molar-refractivity contribution < 1.29 is 19.4 Å². The molecule has 0 radical (unpaired) electrons. The summed E-state index contributed by atoms with van der Waals surface area (Å²) in [4.78, 5) is 12.3. The highest BCUT2D eigenvalue weighted by atomic mass is 16.5. The molecule has 0 aromatic heterocycles. The summed E-state index contributed by atoms with van der Waals surface area (Å²) < 4.78 is 11.1. The van der Waals surface area contributed by atoms with E-state index in [9.17, 15) is 9.90 Å². The number of benzene rings is 1. The van der Waals surface area contributed by atoms with Gasteiger partial charge in [-0.3, -0.25) is 4.79 Å². The molecule has 1 aliphatic rings. The summed E-state index contributed by atoms with van der Waals surface area (Å²) in [5.74, 6) is 1.31. The van der Waals surface area contributed by atoms with Gasteiger partial charge in [0.25, 0.3) is 5.91 Å². The fourth-order valence-electron chi connectivity index (χ4n) is 3.18. The minimum atomic E-state index is -0.469. The monoisotopic (exact) mass is 335 g/mol. The minimum Gasteiger partial charge on any atom is -0.490 e. The van der Waals surface area contributed by atoms with Crippen LogP contribution in [-0.4, -0.2) is 36.9 Å². The summed E-state index contributed by atoms with van der Waals surface area (Å²) in [5, 5.41) is 13.1. The number of rotatable bonds is 8. The first-order chi connectivity index (χ1) is 11.7. The van der Waals surface area contributed by atoms with Crippen molar-refractivity contribution in [2.24, 2.45) is 5.92 Å². The summed E-state index contributed by atoms with van der Waals surface area (Å²) >= 11 is 0. The second-order valence-electron chi connectivity index (χ2n) is 6.20. The van der Waals surface area contributed by atoms with E-state index in [2.05, 4.69) is 5.32 Å². The van der Waals surface area contributed by atoms with E-state index in [1.807, 2.05) is 13.8 Å². The van der Waals surface area contributed by atoms with E-state index in [4.69, 9.17) is 9.47 Å². The van der Waals surface area contributed by atoms with Crippen LogP contribution < -0.4 is 14.8 Å². The topological polar surface area (TPSA) is 67.8 Å². The average Bonchev–Trinajstić information content (AvgIpc) is 2.62. The molecule has 1 saturated carbocycles. The number of amides is 1. The Balaban J connectivity index is 1.94. The van der Waals surface area contributed by atoms with Crippen LogP contribution >= 0.6 is 0 Å². The Bertz CT molecular complexity index is 526. The Kier molecular flexibility index (Phi) is 7.37. The van der Waals surface area contributed by atoms with Crippen LogP contribution in [0.15, 0.2) is 18.2 Å². The molecule has 24 heavy (non-hydrogen) atoms. The summed E-state index contributed by atoms with van der Waals surface area (Å²) in [6.45, 7) is 5.14. The first-order valence-electron chi connectivity index (χ1n) is 9.01. The van der Waals surface area contributed by atoms with Gasteiger partial charge in [-0.25, -0.2) is 0 Å². The van der Waals surface area contributed by atoms with Crippen molar-refractivity contribution in [2.45, 2.75) is 52.1 Å². The lowest BCUT2D eigenvalue weighted by atomic mass is 9.85. The van der Waals surface area contributed by atoms with Gasteiger partial charge in [0.2, 0.25) is 0 Å². The summed E-state index contributed by atoms with van der Waals surface area (Å²) in [6.07, 6.45) is 5.23. The lowest BCUT2D eigenvalue weighted by molar-refractivity contribution is 0.0738. The predicted molar refractivity (Wildman–Crippen MR) is 93.7 cm³/mol. The van der Waals surface area contributed by atoms with Crippen molar-refractivity contribution in [3.63, 3.8) is 0 Å². The molecule has 1 amide bonds. The molecular weight excluding hydrogens is 306 g/mol. The Hall–Kier alpha value is -1.75. The Morgan fingerprint density at radius 2 is 1.83 bits per heavy atom. The first kappa shape index (κ1) is 18.6. The molecule has 0 heterocycles. The van der Waals surface area contributed by atoms with Gasteiger partial charge >= 0.3 is 0 Å². The van der Waals surface area contributed by atoms with Gasteiger partial charge < -0.3 is 19.9 Å². The van der Waals surface area contributed by atoms with E-state index in [0.29, 0.717) is 42.7 Å². The van der Waals surface area contributed by atoms with Crippen LogP contribution in [0.3, 0.4) is 0 Å². The zero-order valence-corrected chi connectivity index (χ0v) is 14.7. The third kappa shape index (κ3) is 5.13. The quantitative estimate of drug-likeness (QED) is 0.766. The van der Waals surface area contributed by atoms with Crippen molar-refractivity contribution in [3.05, 3.63) is 23.8 Å². The van der Waals surface area contributed by atoms with Crippen molar-refractivity contribution in [1.29, 1.82) is 0 Å². The second-order valence-corrected chi connectivity index (χ2v) is 6.20. The van der Waals surface area contributed by atoms with Crippen LogP contribution in [0.1, 0.15) is 56.3 Å². The molecule has 5 heteroatoms. The number of carbonyl (C=O) groups excluding carboxylic acids is 1. The molecule has 1 aliphatic carbocycles. The summed E-state index contributed by atoms with van der Waals surface area (Å²) in [7, 11) is 0. The molecule has 0 bridgehead atoms. The van der Waals surface area contributed by atoms with Crippen molar-refractivity contribution in [2.75, 3.05) is 19.8 Å².